The number of carbonyl (C=O) groups is 1. The van der Waals surface area contributed by atoms with Crippen LogP contribution in [0.15, 0.2) is 52.9 Å². The summed E-state index contributed by atoms with van der Waals surface area (Å²) in [6.45, 7) is 4.25. The number of amides is 1. The summed E-state index contributed by atoms with van der Waals surface area (Å²) in [5.41, 5.74) is 2.76. The van der Waals surface area contributed by atoms with E-state index in [2.05, 4.69) is 15.5 Å². The molecule has 7 nitrogen and oxygen atoms in total. The number of benzene rings is 2. The maximum atomic E-state index is 12.3. The van der Waals surface area contributed by atoms with Crippen molar-refractivity contribution in [3.8, 4) is 17.2 Å². The Labute approximate surface area is 164 Å². The number of aromatic nitrogens is 2. The zero-order chi connectivity index (χ0) is 20.1. The Bertz CT molecular complexity index is 920. The molecule has 0 aliphatic carbocycles. The minimum Gasteiger partial charge on any atom is -0.497 e. The van der Waals surface area contributed by atoms with Crippen LogP contribution >= 0.6 is 0 Å². The Morgan fingerprint density at radius 3 is 2.46 bits per heavy atom. The van der Waals surface area contributed by atoms with E-state index in [1.807, 2.05) is 69.4 Å². The first-order valence-corrected chi connectivity index (χ1v) is 9.13. The molecule has 2 atom stereocenters. The molecule has 2 aromatic carbocycles. The first-order valence-electron chi connectivity index (χ1n) is 9.13. The number of hydrogen-bond donors (Lipinski definition) is 2. The van der Waals surface area contributed by atoms with Crippen molar-refractivity contribution in [1.29, 1.82) is 0 Å². The van der Waals surface area contributed by atoms with Gasteiger partial charge in [0.05, 0.1) is 14.2 Å². The average molecular weight is 381 g/mol. The Morgan fingerprint density at radius 2 is 1.82 bits per heavy atom. The number of nitrogens with zero attached hydrogens (tertiary/aromatic N) is 2. The minimum atomic E-state index is -0.122. The van der Waals surface area contributed by atoms with Gasteiger partial charge in [0.25, 0.3) is 11.8 Å². The zero-order valence-corrected chi connectivity index (χ0v) is 16.5. The molecule has 1 unspecified atom stereocenters. The number of anilines is 1. The van der Waals surface area contributed by atoms with Gasteiger partial charge >= 0.3 is 0 Å². The van der Waals surface area contributed by atoms with Crippen molar-refractivity contribution >= 4 is 11.6 Å². The summed E-state index contributed by atoms with van der Waals surface area (Å²) in [7, 11) is 3.55. The number of carbonyl (C=O) groups excluding carboxylic acids is 1. The van der Waals surface area contributed by atoms with Crippen molar-refractivity contribution in [3.05, 3.63) is 60.0 Å². The highest BCUT2D eigenvalue weighted by Crippen LogP contribution is 2.22. The van der Waals surface area contributed by atoms with Gasteiger partial charge in [-0.05, 0) is 50.2 Å². The highest BCUT2D eigenvalue weighted by atomic mass is 16.5. The number of aryl methyl sites for hydroxylation is 1. The van der Waals surface area contributed by atoms with Crippen LogP contribution in [0.5, 0.6) is 5.75 Å². The molecule has 28 heavy (non-hydrogen) atoms. The molecule has 146 valence electrons. The lowest BCUT2D eigenvalue weighted by molar-refractivity contribution is -0.903. The summed E-state index contributed by atoms with van der Waals surface area (Å²) in [4.78, 5) is 13.3. The Kier molecular flexibility index (Phi) is 6.06. The monoisotopic (exact) mass is 381 g/mol. The zero-order valence-electron chi connectivity index (χ0n) is 16.5. The van der Waals surface area contributed by atoms with Crippen LogP contribution in [0.4, 0.5) is 5.69 Å². The highest BCUT2D eigenvalue weighted by molar-refractivity contribution is 5.91. The van der Waals surface area contributed by atoms with E-state index in [9.17, 15) is 4.79 Å². The van der Waals surface area contributed by atoms with Gasteiger partial charge in [-0.15, -0.1) is 10.2 Å². The smallest absolute Gasteiger partial charge is 0.279 e. The predicted octanol–water partition coefficient (Wildman–Crippen LogP) is 2.27. The van der Waals surface area contributed by atoms with E-state index in [0.717, 1.165) is 27.5 Å². The van der Waals surface area contributed by atoms with Gasteiger partial charge in [0, 0.05) is 11.3 Å². The van der Waals surface area contributed by atoms with E-state index in [0.29, 0.717) is 11.8 Å². The molecule has 0 saturated carbocycles. The van der Waals surface area contributed by atoms with Crippen LogP contribution in [-0.4, -0.2) is 36.8 Å². The second kappa shape index (κ2) is 8.67. The molecule has 0 radical (unpaired) electrons. The Balaban J connectivity index is 1.61. The first kappa shape index (κ1) is 19.6. The van der Waals surface area contributed by atoms with Gasteiger partial charge in [-0.1, -0.05) is 17.7 Å². The number of rotatable bonds is 7. The molecule has 0 spiro atoms. The van der Waals surface area contributed by atoms with E-state index in [1.165, 1.54) is 0 Å². The summed E-state index contributed by atoms with van der Waals surface area (Å²) < 4.78 is 11.0. The van der Waals surface area contributed by atoms with Crippen molar-refractivity contribution in [2.45, 2.75) is 19.9 Å². The van der Waals surface area contributed by atoms with Crippen LogP contribution in [0.25, 0.3) is 11.5 Å². The average Bonchev–Trinajstić information content (AvgIpc) is 3.19. The van der Waals surface area contributed by atoms with E-state index < -0.39 is 0 Å². The Morgan fingerprint density at radius 1 is 1.14 bits per heavy atom. The predicted molar refractivity (Wildman–Crippen MR) is 106 cm³/mol. The van der Waals surface area contributed by atoms with Crippen LogP contribution in [0.3, 0.4) is 0 Å². The van der Waals surface area contributed by atoms with E-state index in [-0.39, 0.29) is 18.5 Å². The van der Waals surface area contributed by atoms with Crippen molar-refractivity contribution in [3.63, 3.8) is 0 Å². The molecule has 0 fully saturated rings. The number of likely N-dealkylation sites (N-methyl/N-ethyl adjacent to an activating group) is 1. The fourth-order valence-electron chi connectivity index (χ4n) is 2.72. The maximum absolute atomic E-state index is 12.3. The molecular weight excluding hydrogens is 356 g/mol. The molecule has 3 aromatic rings. The number of methoxy groups -OCH3 is 1. The van der Waals surface area contributed by atoms with Gasteiger partial charge in [-0.3, -0.25) is 4.79 Å². The fraction of sp³-hybridized carbons (Fsp3) is 0.286. The second-order valence-electron chi connectivity index (χ2n) is 6.83. The highest BCUT2D eigenvalue weighted by Gasteiger charge is 2.24. The largest absolute Gasteiger partial charge is 0.497 e. The molecule has 0 aliphatic rings. The third kappa shape index (κ3) is 4.75. The lowest BCUT2D eigenvalue weighted by atomic mass is 10.2. The van der Waals surface area contributed by atoms with Crippen LogP contribution in [-0.2, 0) is 4.79 Å². The third-order valence-electron chi connectivity index (χ3n) is 4.66. The summed E-state index contributed by atoms with van der Waals surface area (Å²) in [6.07, 6.45) is 0. The van der Waals surface area contributed by atoms with Crippen molar-refractivity contribution in [2.24, 2.45) is 0 Å². The topological polar surface area (TPSA) is 81.7 Å². The molecule has 0 bridgehead atoms. The standard InChI is InChI=1S/C21H24N4O3/c1-14-5-9-17(10-6-14)22-19(26)13-25(3)15(2)20-23-24-21(28-20)16-7-11-18(27-4)12-8-16/h5-12,15H,13H2,1-4H3,(H,22,26)/p+1/t15-/m1/s1. The molecule has 2 N–H and O–H groups in total. The van der Waals surface area contributed by atoms with Crippen molar-refractivity contribution in [2.75, 3.05) is 26.0 Å². The number of ether oxygens (including phenoxy) is 1. The summed E-state index contributed by atoms with van der Waals surface area (Å²) in [5, 5.41) is 11.2. The van der Waals surface area contributed by atoms with Crippen LogP contribution in [0.1, 0.15) is 24.4 Å². The fourth-order valence-corrected chi connectivity index (χ4v) is 2.72. The van der Waals surface area contributed by atoms with Crippen LogP contribution in [0, 0.1) is 6.92 Å². The molecule has 0 saturated heterocycles. The Hall–Kier alpha value is -3.19. The van der Waals surface area contributed by atoms with Crippen LogP contribution in [0.2, 0.25) is 0 Å². The number of hydrogen-bond acceptors (Lipinski definition) is 5. The van der Waals surface area contributed by atoms with Gasteiger partial charge in [0.15, 0.2) is 12.6 Å². The van der Waals surface area contributed by atoms with E-state index in [1.54, 1.807) is 7.11 Å². The molecule has 7 heteroatoms. The van der Waals surface area contributed by atoms with Gasteiger partial charge in [0.2, 0.25) is 5.89 Å². The first-order chi connectivity index (χ1) is 13.5. The van der Waals surface area contributed by atoms with Gasteiger partial charge < -0.3 is 19.4 Å². The summed E-state index contributed by atoms with van der Waals surface area (Å²) in [5.74, 6) is 1.64. The summed E-state index contributed by atoms with van der Waals surface area (Å²) >= 11 is 0. The number of nitrogens with one attached hydrogen (secondary N) is 2. The second-order valence-corrected chi connectivity index (χ2v) is 6.83. The molecule has 1 heterocycles. The van der Waals surface area contributed by atoms with Crippen molar-refractivity contribution in [1.82, 2.24) is 10.2 Å². The molecule has 1 aromatic heterocycles. The maximum Gasteiger partial charge on any atom is 0.279 e. The quantitative estimate of drug-likeness (QED) is 0.656. The van der Waals surface area contributed by atoms with Crippen LogP contribution < -0.4 is 15.0 Å². The van der Waals surface area contributed by atoms with Gasteiger partial charge in [-0.25, -0.2) is 0 Å². The van der Waals surface area contributed by atoms with Crippen molar-refractivity contribution < 1.29 is 18.8 Å². The SMILES string of the molecule is COc1ccc(-c2nnc([C@@H](C)[NH+](C)CC(=O)Nc3ccc(C)cc3)o2)cc1. The lowest BCUT2D eigenvalue weighted by Crippen LogP contribution is -3.10. The molecule has 3 rings (SSSR count). The number of quaternary nitrogens is 1. The van der Waals surface area contributed by atoms with Gasteiger partial charge in [0.1, 0.15) is 5.75 Å². The minimum absolute atomic E-state index is 0.0666. The van der Waals surface area contributed by atoms with E-state index >= 15 is 0 Å². The normalized spacial score (nSPS) is 13.0. The van der Waals surface area contributed by atoms with Gasteiger partial charge in [-0.2, -0.15) is 0 Å². The molecule has 0 aliphatic heterocycles. The molecular formula is C21H25N4O3+. The third-order valence-corrected chi connectivity index (χ3v) is 4.66. The lowest BCUT2D eigenvalue weighted by Gasteiger charge is -2.18. The summed E-state index contributed by atoms with van der Waals surface area (Å²) in [6, 6.07) is 15.0. The molecule has 1 amide bonds. The van der Waals surface area contributed by atoms with E-state index in [4.69, 9.17) is 9.15 Å².